The van der Waals surface area contributed by atoms with Gasteiger partial charge in [-0.2, -0.15) is 10.2 Å². The number of aryl methyl sites for hydroxylation is 2. The highest BCUT2D eigenvalue weighted by atomic mass is 15.1. The summed E-state index contributed by atoms with van der Waals surface area (Å²) in [6, 6.07) is 8.71. The Bertz CT molecular complexity index is 473. The standard InChI is InChI=1S/C14H14N2.C2H6/c1-10-13-5-3-2-4-11(13)6-7-12-8-15-16-9-14(10)12;1-2/h2-5,8-10H,6-7H2,1H3;1-2H3. The van der Waals surface area contributed by atoms with Crippen LogP contribution in [0.1, 0.15) is 48.9 Å². The molecular formula is C16H20N2. The molecule has 1 aliphatic rings. The van der Waals surface area contributed by atoms with E-state index >= 15 is 0 Å². The monoisotopic (exact) mass is 240 g/mol. The normalized spacial score (nSPS) is 16.7. The molecule has 0 amide bonds. The highest BCUT2D eigenvalue weighted by molar-refractivity contribution is 5.42. The number of nitrogens with zero attached hydrogens (tertiary/aromatic N) is 2. The van der Waals surface area contributed by atoms with Crippen LogP contribution < -0.4 is 0 Å². The van der Waals surface area contributed by atoms with E-state index in [1.54, 1.807) is 0 Å². The third-order valence-corrected chi connectivity index (χ3v) is 3.50. The minimum Gasteiger partial charge on any atom is -0.159 e. The fourth-order valence-corrected chi connectivity index (χ4v) is 2.58. The van der Waals surface area contributed by atoms with E-state index in [9.17, 15) is 0 Å². The number of fused-ring (bicyclic) bond motifs is 2. The van der Waals surface area contributed by atoms with E-state index in [0.717, 1.165) is 12.8 Å². The molecule has 1 aromatic carbocycles. The van der Waals surface area contributed by atoms with Crippen molar-refractivity contribution in [2.24, 2.45) is 0 Å². The van der Waals surface area contributed by atoms with Crippen LogP contribution in [0.5, 0.6) is 0 Å². The molecule has 0 N–H and O–H groups in total. The first-order chi connectivity index (χ1) is 8.86. The Morgan fingerprint density at radius 1 is 0.889 bits per heavy atom. The van der Waals surface area contributed by atoms with Gasteiger partial charge in [-0.1, -0.05) is 45.0 Å². The molecule has 1 heterocycles. The molecule has 18 heavy (non-hydrogen) atoms. The van der Waals surface area contributed by atoms with Crippen molar-refractivity contribution in [3.8, 4) is 0 Å². The maximum absolute atomic E-state index is 4.01. The second kappa shape index (κ2) is 5.76. The third kappa shape index (κ3) is 2.28. The summed E-state index contributed by atoms with van der Waals surface area (Å²) >= 11 is 0. The van der Waals surface area contributed by atoms with Crippen molar-refractivity contribution in [3.63, 3.8) is 0 Å². The topological polar surface area (TPSA) is 25.8 Å². The predicted octanol–water partition coefficient (Wildman–Crippen LogP) is 3.75. The Balaban J connectivity index is 0.000000574. The predicted molar refractivity (Wildman–Crippen MR) is 74.7 cm³/mol. The molecule has 0 aliphatic heterocycles. The molecular weight excluding hydrogens is 220 g/mol. The van der Waals surface area contributed by atoms with Crippen molar-refractivity contribution in [2.45, 2.75) is 39.5 Å². The lowest BCUT2D eigenvalue weighted by molar-refractivity contribution is 0.868. The Morgan fingerprint density at radius 2 is 1.56 bits per heavy atom. The Hall–Kier alpha value is -1.70. The van der Waals surface area contributed by atoms with Gasteiger partial charge < -0.3 is 0 Å². The smallest absolute Gasteiger partial charge is 0.0537 e. The number of benzene rings is 1. The first-order valence-corrected chi connectivity index (χ1v) is 6.73. The zero-order valence-corrected chi connectivity index (χ0v) is 11.4. The van der Waals surface area contributed by atoms with Crippen molar-refractivity contribution >= 4 is 0 Å². The van der Waals surface area contributed by atoms with E-state index in [-0.39, 0.29) is 0 Å². The molecule has 2 heteroatoms. The molecule has 3 rings (SSSR count). The Morgan fingerprint density at radius 3 is 2.39 bits per heavy atom. The number of hydrogen-bond donors (Lipinski definition) is 0. The van der Waals surface area contributed by atoms with E-state index in [4.69, 9.17) is 0 Å². The summed E-state index contributed by atoms with van der Waals surface area (Å²) in [6.07, 6.45) is 6.02. The van der Waals surface area contributed by atoms with Crippen molar-refractivity contribution in [1.29, 1.82) is 0 Å². The summed E-state index contributed by atoms with van der Waals surface area (Å²) in [6.45, 7) is 6.25. The van der Waals surface area contributed by atoms with Crippen LogP contribution in [0.15, 0.2) is 36.7 Å². The lowest BCUT2D eigenvalue weighted by Crippen LogP contribution is -2.00. The molecule has 2 nitrogen and oxygen atoms in total. The van der Waals surface area contributed by atoms with Gasteiger partial charge >= 0.3 is 0 Å². The zero-order valence-electron chi connectivity index (χ0n) is 11.4. The molecule has 0 fully saturated rings. The van der Waals surface area contributed by atoms with Gasteiger partial charge in [0.25, 0.3) is 0 Å². The average molecular weight is 240 g/mol. The number of hydrogen-bond acceptors (Lipinski definition) is 2. The zero-order chi connectivity index (χ0) is 13.0. The molecule has 0 saturated carbocycles. The van der Waals surface area contributed by atoms with Gasteiger partial charge in [0.05, 0.1) is 12.4 Å². The molecule has 0 spiro atoms. The molecule has 0 bridgehead atoms. The molecule has 1 aromatic heterocycles. The van der Waals surface area contributed by atoms with Crippen molar-refractivity contribution in [1.82, 2.24) is 10.2 Å². The summed E-state index contributed by atoms with van der Waals surface area (Å²) < 4.78 is 0. The van der Waals surface area contributed by atoms with E-state index in [1.807, 2.05) is 26.2 Å². The molecule has 0 saturated heterocycles. The van der Waals surface area contributed by atoms with Gasteiger partial charge in [0.1, 0.15) is 0 Å². The van der Waals surface area contributed by atoms with Crippen molar-refractivity contribution in [3.05, 3.63) is 58.9 Å². The van der Waals surface area contributed by atoms with Crippen LogP contribution in [0.25, 0.3) is 0 Å². The lowest BCUT2D eigenvalue weighted by atomic mass is 9.91. The van der Waals surface area contributed by atoms with Gasteiger partial charge in [-0.05, 0) is 35.1 Å². The van der Waals surface area contributed by atoms with Crippen LogP contribution >= 0.6 is 0 Å². The van der Waals surface area contributed by atoms with Gasteiger partial charge in [-0.3, -0.25) is 0 Å². The highest BCUT2D eigenvalue weighted by Crippen LogP contribution is 2.32. The molecule has 2 aromatic rings. The summed E-state index contributed by atoms with van der Waals surface area (Å²) in [5.74, 6) is 0.434. The van der Waals surface area contributed by atoms with E-state index in [1.165, 1.54) is 22.3 Å². The van der Waals surface area contributed by atoms with Gasteiger partial charge in [-0.15, -0.1) is 0 Å². The maximum atomic E-state index is 4.01. The van der Waals surface area contributed by atoms with Gasteiger partial charge in [-0.25, -0.2) is 0 Å². The highest BCUT2D eigenvalue weighted by Gasteiger charge is 2.19. The van der Waals surface area contributed by atoms with Gasteiger partial charge in [0, 0.05) is 5.92 Å². The van der Waals surface area contributed by atoms with Crippen LogP contribution in [0.2, 0.25) is 0 Å². The molecule has 1 atom stereocenters. The van der Waals surface area contributed by atoms with Crippen LogP contribution in [0.4, 0.5) is 0 Å². The van der Waals surface area contributed by atoms with Crippen molar-refractivity contribution < 1.29 is 0 Å². The van der Waals surface area contributed by atoms with E-state index < -0.39 is 0 Å². The molecule has 1 aliphatic carbocycles. The molecule has 0 radical (unpaired) electrons. The van der Waals surface area contributed by atoms with Crippen LogP contribution in [-0.2, 0) is 12.8 Å². The Labute approximate surface area is 109 Å². The fourth-order valence-electron chi connectivity index (χ4n) is 2.58. The fraction of sp³-hybridized carbons (Fsp3) is 0.375. The van der Waals surface area contributed by atoms with Crippen LogP contribution in [0, 0.1) is 0 Å². The largest absolute Gasteiger partial charge is 0.159 e. The average Bonchev–Trinajstić information content (AvgIpc) is 2.60. The minimum absolute atomic E-state index is 0.434. The second-order valence-electron chi connectivity index (χ2n) is 4.39. The summed E-state index contributed by atoms with van der Waals surface area (Å²) in [4.78, 5) is 0. The molecule has 1 unspecified atom stereocenters. The quantitative estimate of drug-likeness (QED) is 0.701. The lowest BCUT2D eigenvalue weighted by Gasteiger charge is -2.13. The summed E-state index contributed by atoms with van der Waals surface area (Å²) in [7, 11) is 0. The van der Waals surface area contributed by atoms with Crippen LogP contribution in [0.3, 0.4) is 0 Å². The third-order valence-electron chi connectivity index (χ3n) is 3.50. The minimum atomic E-state index is 0.434. The Kier molecular flexibility index (Phi) is 4.08. The van der Waals surface area contributed by atoms with Gasteiger partial charge in [0.15, 0.2) is 0 Å². The summed E-state index contributed by atoms with van der Waals surface area (Å²) in [5.41, 5.74) is 5.58. The molecule has 94 valence electrons. The van der Waals surface area contributed by atoms with Crippen molar-refractivity contribution in [2.75, 3.05) is 0 Å². The van der Waals surface area contributed by atoms with Gasteiger partial charge in [0.2, 0.25) is 0 Å². The van der Waals surface area contributed by atoms with E-state index in [0.29, 0.717) is 5.92 Å². The number of aromatic nitrogens is 2. The SMILES string of the molecule is CC.CC1c2ccccc2CCc2cnncc21. The number of rotatable bonds is 0. The first kappa shape index (κ1) is 12.7. The second-order valence-corrected chi connectivity index (χ2v) is 4.39. The maximum Gasteiger partial charge on any atom is 0.0537 e. The summed E-state index contributed by atoms with van der Waals surface area (Å²) in [5, 5.41) is 8.00. The van der Waals surface area contributed by atoms with Crippen LogP contribution in [-0.4, -0.2) is 10.2 Å². The first-order valence-electron chi connectivity index (χ1n) is 6.73. The van der Waals surface area contributed by atoms with E-state index in [2.05, 4.69) is 41.4 Å².